The van der Waals surface area contributed by atoms with E-state index in [-0.39, 0.29) is 6.04 Å². The quantitative estimate of drug-likeness (QED) is 0.551. The highest BCUT2D eigenvalue weighted by atomic mass is 127. The predicted octanol–water partition coefficient (Wildman–Crippen LogP) is 3.91. The Morgan fingerprint density at radius 3 is 2.26 bits per heavy atom. The molecule has 19 heavy (non-hydrogen) atoms. The van der Waals surface area contributed by atoms with E-state index in [4.69, 9.17) is 0 Å². The molecule has 0 saturated heterocycles. The molecule has 3 rings (SSSR count). The van der Waals surface area contributed by atoms with Gasteiger partial charge >= 0.3 is 0 Å². The van der Waals surface area contributed by atoms with Crippen LogP contribution in [0.3, 0.4) is 0 Å². The van der Waals surface area contributed by atoms with Crippen LogP contribution in [0.1, 0.15) is 18.5 Å². The predicted molar refractivity (Wildman–Crippen MR) is 85.7 cm³/mol. The highest BCUT2D eigenvalue weighted by Crippen LogP contribution is 2.46. The number of para-hydroxylation sites is 1. The van der Waals surface area contributed by atoms with Gasteiger partial charge < -0.3 is 0 Å². The smallest absolute Gasteiger partial charge is 0.254 e. The fourth-order valence-corrected chi connectivity index (χ4v) is 5.19. The molecule has 1 heterocycles. The number of fused-ring (bicyclic) bond motifs is 3. The lowest BCUT2D eigenvalue weighted by molar-refractivity contribution is 0.599. The van der Waals surface area contributed by atoms with Crippen molar-refractivity contribution < 1.29 is 8.42 Å². The lowest BCUT2D eigenvalue weighted by Gasteiger charge is -2.35. The molecule has 5 heteroatoms. The molecular formula is C14H12INO2S. The van der Waals surface area contributed by atoms with E-state index in [1.807, 2.05) is 55.5 Å². The lowest BCUT2D eigenvalue weighted by Crippen LogP contribution is -2.32. The first-order chi connectivity index (χ1) is 9.00. The van der Waals surface area contributed by atoms with Crippen molar-refractivity contribution in [1.29, 1.82) is 0 Å². The number of nitrogens with zero attached hydrogens (tertiary/aromatic N) is 1. The topological polar surface area (TPSA) is 37.4 Å². The van der Waals surface area contributed by atoms with Gasteiger partial charge in [-0.1, -0.05) is 42.5 Å². The van der Waals surface area contributed by atoms with E-state index < -0.39 is 7.19 Å². The molecule has 0 bridgehead atoms. The molecule has 1 unspecified atom stereocenters. The maximum atomic E-state index is 12.1. The van der Waals surface area contributed by atoms with E-state index in [9.17, 15) is 8.42 Å². The Hall–Kier alpha value is -1.08. The summed E-state index contributed by atoms with van der Waals surface area (Å²) in [4.78, 5) is 0. The molecule has 0 saturated carbocycles. The van der Waals surface area contributed by atoms with Gasteiger partial charge in [-0.15, -0.1) is 0 Å². The van der Waals surface area contributed by atoms with Gasteiger partial charge in [-0.3, -0.25) is 4.31 Å². The standard InChI is InChI=1S/C14H12INO2S/c1-10-11-6-2-3-7-12(11)13-8-4-5-9-14(13)16(10)19(15,17)18/h2-10H,1H3. The SMILES string of the molecule is CC1c2ccccc2-c2ccccc2N1S(=O)(=O)I. The zero-order chi connectivity index (χ0) is 13.6. The molecule has 0 aliphatic carbocycles. The second kappa shape index (κ2) is 4.49. The Morgan fingerprint density at radius 2 is 1.58 bits per heavy atom. The molecule has 0 amide bonds. The van der Waals surface area contributed by atoms with Gasteiger partial charge in [-0.2, -0.15) is 8.42 Å². The molecule has 2 aromatic carbocycles. The summed E-state index contributed by atoms with van der Waals surface area (Å²) in [5, 5.41) is 0. The van der Waals surface area contributed by atoms with E-state index in [1.165, 1.54) is 25.5 Å². The average molecular weight is 385 g/mol. The van der Waals surface area contributed by atoms with Gasteiger partial charge in [-0.05, 0) is 24.1 Å². The van der Waals surface area contributed by atoms with Crippen LogP contribution in [0.15, 0.2) is 48.5 Å². The summed E-state index contributed by atoms with van der Waals surface area (Å²) in [5.74, 6) is 0. The van der Waals surface area contributed by atoms with Crippen LogP contribution in [0.25, 0.3) is 11.1 Å². The van der Waals surface area contributed by atoms with Crippen molar-refractivity contribution in [2.75, 3.05) is 4.31 Å². The number of benzene rings is 2. The van der Waals surface area contributed by atoms with Crippen LogP contribution in [-0.2, 0) is 7.19 Å². The molecule has 0 radical (unpaired) electrons. The summed E-state index contributed by atoms with van der Waals surface area (Å²) in [6.07, 6.45) is 0. The molecule has 0 fully saturated rings. The van der Waals surface area contributed by atoms with Crippen LogP contribution < -0.4 is 4.31 Å². The molecule has 98 valence electrons. The fraction of sp³-hybridized carbons (Fsp3) is 0.143. The van der Waals surface area contributed by atoms with Gasteiger partial charge in [0.05, 0.1) is 32.9 Å². The Morgan fingerprint density at radius 1 is 1.00 bits per heavy atom. The number of anilines is 1. The number of halogens is 1. The largest absolute Gasteiger partial charge is 0.289 e. The first-order valence-corrected chi connectivity index (χ1v) is 9.91. The van der Waals surface area contributed by atoms with Crippen molar-refractivity contribution in [1.82, 2.24) is 0 Å². The molecule has 0 spiro atoms. The minimum absolute atomic E-state index is 0.187. The van der Waals surface area contributed by atoms with Crippen LogP contribution in [0, 0.1) is 0 Å². The zero-order valence-corrected chi connectivity index (χ0v) is 13.2. The first kappa shape index (κ1) is 12.9. The average Bonchev–Trinajstić information content (AvgIpc) is 2.38. The zero-order valence-electron chi connectivity index (χ0n) is 10.2. The Labute approximate surface area is 124 Å². The number of rotatable bonds is 1. The van der Waals surface area contributed by atoms with Crippen LogP contribution in [-0.4, -0.2) is 8.42 Å². The van der Waals surface area contributed by atoms with Crippen molar-refractivity contribution in [3.05, 3.63) is 54.1 Å². The molecule has 1 aliphatic heterocycles. The Balaban J connectivity index is 2.36. The van der Waals surface area contributed by atoms with Crippen LogP contribution in [0.5, 0.6) is 0 Å². The van der Waals surface area contributed by atoms with E-state index >= 15 is 0 Å². The highest BCUT2D eigenvalue weighted by Gasteiger charge is 2.33. The Kier molecular flexibility index (Phi) is 3.05. The third-order valence-electron chi connectivity index (χ3n) is 3.43. The second-order valence-corrected chi connectivity index (χ2v) is 9.08. The maximum absolute atomic E-state index is 12.1. The summed E-state index contributed by atoms with van der Waals surface area (Å²) in [6.45, 7) is 1.92. The third-order valence-corrected chi connectivity index (χ3v) is 5.69. The van der Waals surface area contributed by atoms with Crippen LogP contribution >= 0.6 is 21.2 Å². The molecule has 2 aromatic rings. The van der Waals surface area contributed by atoms with Gasteiger partial charge in [0, 0.05) is 5.56 Å². The van der Waals surface area contributed by atoms with Gasteiger partial charge in [0.2, 0.25) is 0 Å². The van der Waals surface area contributed by atoms with E-state index in [1.54, 1.807) is 0 Å². The van der Waals surface area contributed by atoms with Crippen LogP contribution in [0.2, 0.25) is 0 Å². The first-order valence-electron chi connectivity index (χ1n) is 5.92. The maximum Gasteiger partial charge on any atom is 0.289 e. The van der Waals surface area contributed by atoms with E-state index in [2.05, 4.69) is 0 Å². The molecule has 1 aliphatic rings. The van der Waals surface area contributed by atoms with Crippen molar-refractivity contribution in [2.24, 2.45) is 0 Å². The summed E-state index contributed by atoms with van der Waals surface area (Å²) >= 11 is 1.50. The lowest BCUT2D eigenvalue weighted by atomic mass is 9.90. The normalized spacial score (nSPS) is 17.8. The van der Waals surface area contributed by atoms with Crippen LogP contribution in [0.4, 0.5) is 5.69 Å². The molecule has 1 atom stereocenters. The van der Waals surface area contributed by atoms with E-state index in [0.29, 0.717) is 0 Å². The van der Waals surface area contributed by atoms with Crippen molar-refractivity contribution >= 4 is 34.1 Å². The molecule has 0 aromatic heterocycles. The minimum atomic E-state index is -3.33. The number of hydrogen-bond donors (Lipinski definition) is 0. The van der Waals surface area contributed by atoms with Gasteiger partial charge in [-0.25, -0.2) is 0 Å². The highest BCUT2D eigenvalue weighted by molar-refractivity contribution is 14.2. The van der Waals surface area contributed by atoms with Gasteiger partial charge in [0.1, 0.15) is 0 Å². The summed E-state index contributed by atoms with van der Waals surface area (Å²) in [6, 6.07) is 15.4. The fourth-order valence-electron chi connectivity index (χ4n) is 2.64. The van der Waals surface area contributed by atoms with Crippen molar-refractivity contribution in [3.63, 3.8) is 0 Å². The minimum Gasteiger partial charge on any atom is -0.254 e. The Bertz CT molecular complexity index is 743. The molecular weight excluding hydrogens is 373 g/mol. The summed E-state index contributed by atoms with van der Waals surface area (Å²) < 4.78 is 25.7. The monoisotopic (exact) mass is 385 g/mol. The van der Waals surface area contributed by atoms with Crippen molar-refractivity contribution in [2.45, 2.75) is 13.0 Å². The van der Waals surface area contributed by atoms with Gasteiger partial charge in [0.15, 0.2) is 0 Å². The second-order valence-electron chi connectivity index (χ2n) is 4.52. The van der Waals surface area contributed by atoms with E-state index in [0.717, 1.165) is 22.4 Å². The molecule has 0 N–H and O–H groups in total. The molecule has 3 nitrogen and oxygen atoms in total. The third kappa shape index (κ3) is 2.04. The van der Waals surface area contributed by atoms with Gasteiger partial charge in [0.25, 0.3) is 7.19 Å². The summed E-state index contributed by atoms with van der Waals surface area (Å²) in [5.41, 5.74) is 3.88. The van der Waals surface area contributed by atoms with Crippen molar-refractivity contribution in [3.8, 4) is 11.1 Å². The summed E-state index contributed by atoms with van der Waals surface area (Å²) in [7, 11) is -3.33. The number of hydrogen-bond acceptors (Lipinski definition) is 2.